The van der Waals surface area contributed by atoms with Crippen LogP contribution in [0.2, 0.25) is 0 Å². The van der Waals surface area contributed by atoms with Crippen LogP contribution in [0.25, 0.3) is 0 Å². The van der Waals surface area contributed by atoms with Crippen molar-refractivity contribution in [3.05, 3.63) is 96.1 Å². The SMILES string of the molecule is N#Cc1ccc(C(NC(=O)Nc2ccccc2)NC(=O)Nc2ccccc2)cc1. The minimum atomic E-state index is -0.810. The number of anilines is 2. The fourth-order valence-electron chi connectivity index (χ4n) is 2.59. The fourth-order valence-corrected chi connectivity index (χ4v) is 2.59. The van der Waals surface area contributed by atoms with Gasteiger partial charge in [-0.15, -0.1) is 0 Å². The van der Waals surface area contributed by atoms with Gasteiger partial charge in [-0.05, 0) is 42.0 Å². The lowest BCUT2D eigenvalue weighted by molar-refractivity contribution is 0.238. The maximum Gasteiger partial charge on any atom is 0.321 e. The number of carbonyl (C=O) groups is 2. The molecule has 0 aromatic heterocycles. The van der Waals surface area contributed by atoms with Gasteiger partial charge < -0.3 is 21.3 Å². The van der Waals surface area contributed by atoms with E-state index in [1.54, 1.807) is 72.8 Å². The van der Waals surface area contributed by atoms with Crippen LogP contribution in [-0.2, 0) is 0 Å². The van der Waals surface area contributed by atoms with Gasteiger partial charge in [0.1, 0.15) is 6.17 Å². The molecule has 0 atom stereocenters. The zero-order valence-electron chi connectivity index (χ0n) is 15.4. The highest BCUT2D eigenvalue weighted by atomic mass is 16.2. The third-order valence-corrected chi connectivity index (χ3v) is 3.99. The van der Waals surface area contributed by atoms with Crippen molar-refractivity contribution in [1.29, 1.82) is 5.26 Å². The second-order valence-corrected chi connectivity index (χ2v) is 6.10. The summed E-state index contributed by atoms with van der Waals surface area (Å²) in [4.78, 5) is 24.8. The molecular weight excluding hydrogens is 366 g/mol. The van der Waals surface area contributed by atoms with E-state index < -0.39 is 18.2 Å². The Hall–Kier alpha value is -4.31. The van der Waals surface area contributed by atoms with Gasteiger partial charge in [0.15, 0.2) is 0 Å². The van der Waals surface area contributed by atoms with E-state index in [-0.39, 0.29) is 0 Å². The number of hydrogen-bond donors (Lipinski definition) is 4. The zero-order chi connectivity index (χ0) is 20.5. The Bertz CT molecular complexity index is 943. The molecular formula is C22H19N5O2. The summed E-state index contributed by atoms with van der Waals surface area (Å²) < 4.78 is 0. The molecule has 29 heavy (non-hydrogen) atoms. The van der Waals surface area contributed by atoms with Gasteiger partial charge in [-0.3, -0.25) is 0 Å². The molecule has 3 aromatic carbocycles. The largest absolute Gasteiger partial charge is 0.321 e. The van der Waals surface area contributed by atoms with Crippen LogP contribution >= 0.6 is 0 Å². The molecule has 0 bridgehead atoms. The molecule has 0 unspecified atom stereocenters. The van der Waals surface area contributed by atoms with Crippen LogP contribution in [-0.4, -0.2) is 12.1 Å². The van der Waals surface area contributed by atoms with Crippen molar-refractivity contribution in [2.75, 3.05) is 10.6 Å². The molecule has 0 spiro atoms. The van der Waals surface area contributed by atoms with Crippen molar-refractivity contribution < 1.29 is 9.59 Å². The van der Waals surface area contributed by atoms with E-state index in [1.165, 1.54) is 0 Å². The van der Waals surface area contributed by atoms with Crippen LogP contribution in [0.5, 0.6) is 0 Å². The van der Waals surface area contributed by atoms with E-state index in [4.69, 9.17) is 5.26 Å². The molecule has 144 valence electrons. The average molecular weight is 385 g/mol. The monoisotopic (exact) mass is 385 g/mol. The van der Waals surface area contributed by atoms with Crippen LogP contribution in [0, 0.1) is 11.3 Å². The number of nitriles is 1. The Morgan fingerprint density at radius 2 is 1.14 bits per heavy atom. The van der Waals surface area contributed by atoms with Gasteiger partial charge in [-0.2, -0.15) is 5.26 Å². The molecule has 7 heteroatoms. The first-order valence-electron chi connectivity index (χ1n) is 8.89. The number of nitrogens with zero attached hydrogens (tertiary/aromatic N) is 1. The summed E-state index contributed by atoms with van der Waals surface area (Å²) in [5.41, 5.74) is 2.35. The third kappa shape index (κ3) is 5.84. The van der Waals surface area contributed by atoms with Gasteiger partial charge in [-0.25, -0.2) is 9.59 Å². The van der Waals surface area contributed by atoms with Gasteiger partial charge in [0.2, 0.25) is 0 Å². The molecule has 7 nitrogen and oxygen atoms in total. The summed E-state index contributed by atoms with van der Waals surface area (Å²) in [5, 5.41) is 19.9. The molecule has 0 aliphatic heterocycles. The first-order chi connectivity index (χ1) is 14.1. The Balaban J connectivity index is 1.72. The van der Waals surface area contributed by atoms with Crippen LogP contribution < -0.4 is 21.3 Å². The smallest absolute Gasteiger partial charge is 0.314 e. The lowest BCUT2D eigenvalue weighted by Crippen LogP contribution is -2.44. The van der Waals surface area contributed by atoms with Crippen LogP contribution in [0.15, 0.2) is 84.9 Å². The van der Waals surface area contributed by atoms with E-state index in [1.807, 2.05) is 18.2 Å². The summed E-state index contributed by atoms with van der Waals surface area (Å²) in [6.07, 6.45) is -0.810. The third-order valence-electron chi connectivity index (χ3n) is 3.99. The van der Waals surface area contributed by atoms with Crippen molar-refractivity contribution in [2.45, 2.75) is 6.17 Å². The highest BCUT2D eigenvalue weighted by Gasteiger charge is 2.17. The number of urea groups is 2. The second kappa shape index (κ2) is 9.58. The molecule has 0 heterocycles. The van der Waals surface area contributed by atoms with E-state index in [9.17, 15) is 9.59 Å². The minimum absolute atomic E-state index is 0.481. The van der Waals surface area contributed by atoms with Crippen molar-refractivity contribution in [3.8, 4) is 6.07 Å². The Kier molecular flexibility index (Phi) is 6.42. The molecule has 0 radical (unpaired) electrons. The summed E-state index contributed by atoms with van der Waals surface area (Å²) in [6, 6.07) is 25.6. The Morgan fingerprint density at radius 3 is 1.55 bits per heavy atom. The topological polar surface area (TPSA) is 106 Å². The standard InChI is InChI=1S/C22H19N5O2/c23-15-16-11-13-17(14-12-16)20(26-21(28)24-18-7-3-1-4-8-18)27-22(29)25-19-9-5-2-6-10-19/h1-14,20H,(H2,24,26,28)(H2,25,27,29). The van der Waals surface area contributed by atoms with Crippen molar-refractivity contribution >= 4 is 23.4 Å². The van der Waals surface area contributed by atoms with Crippen LogP contribution in [0.1, 0.15) is 17.3 Å². The molecule has 0 saturated carbocycles. The fraction of sp³-hybridized carbons (Fsp3) is 0.0455. The number of amides is 4. The van der Waals surface area contributed by atoms with Crippen molar-refractivity contribution in [3.63, 3.8) is 0 Å². The summed E-state index contributed by atoms with van der Waals surface area (Å²) in [7, 11) is 0. The highest BCUT2D eigenvalue weighted by molar-refractivity contribution is 5.92. The average Bonchev–Trinajstić information content (AvgIpc) is 2.74. The molecule has 3 aromatic rings. The molecule has 0 fully saturated rings. The number of carbonyl (C=O) groups excluding carboxylic acids is 2. The van der Waals surface area contributed by atoms with Crippen molar-refractivity contribution in [2.24, 2.45) is 0 Å². The van der Waals surface area contributed by atoms with E-state index in [0.29, 0.717) is 22.5 Å². The minimum Gasteiger partial charge on any atom is -0.314 e. The Labute approximate surface area is 168 Å². The predicted octanol–water partition coefficient (Wildman–Crippen LogP) is 4.20. The molecule has 0 aliphatic rings. The van der Waals surface area contributed by atoms with E-state index in [2.05, 4.69) is 21.3 Å². The molecule has 0 saturated heterocycles. The molecule has 4 N–H and O–H groups in total. The molecule has 4 amide bonds. The normalized spacial score (nSPS) is 9.93. The quantitative estimate of drug-likeness (QED) is 0.495. The maximum absolute atomic E-state index is 12.4. The number of rotatable bonds is 5. The highest BCUT2D eigenvalue weighted by Crippen LogP contribution is 2.13. The van der Waals surface area contributed by atoms with Crippen molar-refractivity contribution in [1.82, 2.24) is 10.6 Å². The first kappa shape index (κ1) is 19.5. The maximum atomic E-state index is 12.4. The van der Waals surface area contributed by atoms with Gasteiger partial charge in [-0.1, -0.05) is 48.5 Å². The summed E-state index contributed by atoms with van der Waals surface area (Å²) in [5.74, 6) is 0. The van der Waals surface area contributed by atoms with Crippen LogP contribution in [0.4, 0.5) is 21.0 Å². The lowest BCUT2D eigenvalue weighted by Gasteiger charge is -2.21. The molecule has 0 aliphatic carbocycles. The second-order valence-electron chi connectivity index (χ2n) is 6.10. The van der Waals surface area contributed by atoms with Gasteiger partial charge >= 0.3 is 12.1 Å². The van der Waals surface area contributed by atoms with Gasteiger partial charge in [0.05, 0.1) is 11.6 Å². The Morgan fingerprint density at radius 1 is 0.690 bits per heavy atom. The zero-order valence-corrected chi connectivity index (χ0v) is 15.4. The lowest BCUT2D eigenvalue weighted by atomic mass is 10.1. The number of hydrogen-bond acceptors (Lipinski definition) is 3. The predicted molar refractivity (Wildman–Crippen MR) is 111 cm³/mol. The van der Waals surface area contributed by atoms with Gasteiger partial charge in [0, 0.05) is 11.4 Å². The number of benzene rings is 3. The van der Waals surface area contributed by atoms with E-state index in [0.717, 1.165) is 0 Å². The van der Waals surface area contributed by atoms with E-state index >= 15 is 0 Å². The number of para-hydroxylation sites is 2. The summed E-state index contributed by atoms with van der Waals surface area (Å²) >= 11 is 0. The summed E-state index contributed by atoms with van der Waals surface area (Å²) in [6.45, 7) is 0. The van der Waals surface area contributed by atoms with Crippen LogP contribution in [0.3, 0.4) is 0 Å². The first-order valence-corrected chi connectivity index (χ1v) is 8.89. The number of nitrogens with one attached hydrogen (secondary N) is 4. The van der Waals surface area contributed by atoms with Gasteiger partial charge in [0.25, 0.3) is 0 Å². The molecule has 3 rings (SSSR count).